The zero-order chi connectivity index (χ0) is 12.8. The van der Waals surface area contributed by atoms with Crippen molar-refractivity contribution in [2.45, 2.75) is 34.1 Å². The van der Waals surface area contributed by atoms with Gasteiger partial charge in [0.2, 0.25) is 0 Å². The van der Waals surface area contributed by atoms with Crippen molar-refractivity contribution in [2.75, 3.05) is 26.2 Å². The van der Waals surface area contributed by atoms with Crippen molar-refractivity contribution in [2.24, 2.45) is 5.41 Å². The molecule has 0 spiro atoms. The van der Waals surface area contributed by atoms with E-state index in [1.807, 2.05) is 27.7 Å². The van der Waals surface area contributed by atoms with Crippen molar-refractivity contribution in [1.82, 2.24) is 9.03 Å². The van der Waals surface area contributed by atoms with Crippen LogP contribution in [0.2, 0.25) is 0 Å². The van der Waals surface area contributed by atoms with Crippen LogP contribution in [0.4, 0.5) is 0 Å². The first kappa shape index (κ1) is 15.8. The SMILES string of the molecule is CCN(CC)S(=O)(=O)NCC(C)(C)CCO. The summed E-state index contributed by atoms with van der Waals surface area (Å²) in [5.74, 6) is 0. The fourth-order valence-electron chi connectivity index (χ4n) is 1.33. The third kappa shape index (κ3) is 5.25. The lowest BCUT2D eigenvalue weighted by atomic mass is 9.90. The first-order valence-corrected chi connectivity index (χ1v) is 7.08. The predicted molar refractivity (Wildman–Crippen MR) is 65.3 cm³/mol. The third-order valence-corrected chi connectivity index (χ3v) is 4.27. The molecule has 6 heteroatoms. The molecule has 5 nitrogen and oxygen atoms in total. The molecule has 0 heterocycles. The van der Waals surface area contributed by atoms with Crippen molar-refractivity contribution < 1.29 is 13.5 Å². The van der Waals surface area contributed by atoms with Crippen molar-refractivity contribution in [3.63, 3.8) is 0 Å². The molecule has 0 aromatic heterocycles. The highest BCUT2D eigenvalue weighted by atomic mass is 32.2. The Morgan fingerprint density at radius 2 is 1.75 bits per heavy atom. The second-order valence-corrected chi connectivity index (χ2v) is 6.30. The van der Waals surface area contributed by atoms with Crippen LogP contribution in [0, 0.1) is 5.41 Å². The maximum Gasteiger partial charge on any atom is 0.279 e. The van der Waals surface area contributed by atoms with Gasteiger partial charge >= 0.3 is 0 Å². The molecule has 0 aliphatic heterocycles. The van der Waals surface area contributed by atoms with Crippen LogP contribution in [0.5, 0.6) is 0 Å². The fraction of sp³-hybridized carbons (Fsp3) is 1.00. The van der Waals surface area contributed by atoms with Gasteiger partial charge in [0.25, 0.3) is 10.2 Å². The predicted octanol–water partition coefficient (Wildman–Crippen LogP) is 0.571. The molecule has 0 bridgehead atoms. The highest BCUT2D eigenvalue weighted by Crippen LogP contribution is 2.18. The van der Waals surface area contributed by atoms with E-state index < -0.39 is 10.2 Å². The summed E-state index contributed by atoms with van der Waals surface area (Å²) in [7, 11) is -3.37. The molecule has 0 saturated heterocycles. The van der Waals surface area contributed by atoms with Gasteiger partial charge in [-0.2, -0.15) is 12.7 Å². The molecule has 98 valence electrons. The van der Waals surface area contributed by atoms with Gasteiger partial charge in [-0.05, 0) is 11.8 Å². The highest BCUT2D eigenvalue weighted by molar-refractivity contribution is 7.87. The monoisotopic (exact) mass is 252 g/mol. The summed E-state index contributed by atoms with van der Waals surface area (Å²) in [5, 5.41) is 8.85. The third-order valence-electron chi connectivity index (χ3n) is 2.57. The first-order valence-electron chi connectivity index (χ1n) is 5.64. The Labute approximate surface area is 99.0 Å². The van der Waals surface area contributed by atoms with E-state index >= 15 is 0 Å². The van der Waals surface area contributed by atoms with Crippen LogP contribution in [-0.4, -0.2) is 44.1 Å². The van der Waals surface area contributed by atoms with Gasteiger partial charge < -0.3 is 5.11 Å². The Kier molecular flexibility index (Phi) is 6.47. The zero-order valence-electron chi connectivity index (χ0n) is 10.7. The van der Waals surface area contributed by atoms with Crippen molar-refractivity contribution in [3.8, 4) is 0 Å². The van der Waals surface area contributed by atoms with Crippen molar-refractivity contribution >= 4 is 10.2 Å². The van der Waals surface area contributed by atoms with Gasteiger partial charge in [-0.15, -0.1) is 0 Å². The van der Waals surface area contributed by atoms with E-state index in [2.05, 4.69) is 4.72 Å². The minimum Gasteiger partial charge on any atom is -0.396 e. The molecule has 0 amide bonds. The maximum absolute atomic E-state index is 11.8. The van der Waals surface area contributed by atoms with Gasteiger partial charge in [0.15, 0.2) is 0 Å². The molecule has 0 radical (unpaired) electrons. The highest BCUT2D eigenvalue weighted by Gasteiger charge is 2.23. The molecular formula is C10H24N2O3S. The van der Waals surface area contributed by atoms with Gasteiger partial charge in [-0.3, -0.25) is 0 Å². The molecule has 0 atom stereocenters. The largest absolute Gasteiger partial charge is 0.396 e. The Balaban J connectivity index is 4.39. The number of nitrogens with one attached hydrogen (secondary N) is 1. The molecule has 2 N–H and O–H groups in total. The lowest BCUT2D eigenvalue weighted by Crippen LogP contribution is -2.44. The quantitative estimate of drug-likeness (QED) is 0.663. The molecular weight excluding hydrogens is 228 g/mol. The number of aliphatic hydroxyl groups excluding tert-OH is 1. The molecule has 0 saturated carbocycles. The molecule has 0 rings (SSSR count). The van der Waals surface area contributed by atoms with Gasteiger partial charge in [-0.25, -0.2) is 4.72 Å². The summed E-state index contributed by atoms with van der Waals surface area (Å²) >= 11 is 0. The number of rotatable bonds is 8. The van der Waals surface area contributed by atoms with E-state index in [-0.39, 0.29) is 12.0 Å². The van der Waals surface area contributed by atoms with E-state index in [1.165, 1.54) is 4.31 Å². The number of aliphatic hydroxyl groups is 1. The van der Waals surface area contributed by atoms with Gasteiger partial charge in [0, 0.05) is 26.2 Å². The second-order valence-electron chi connectivity index (χ2n) is 4.55. The minimum atomic E-state index is -3.37. The van der Waals surface area contributed by atoms with E-state index in [1.54, 1.807) is 0 Å². The Bertz CT molecular complexity index is 284. The average Bonchev–Trinajstić information content (AvgIpc) is 2.17. The standard InChI is InChI=1S/C10H24N2O3S/c1-5-12(6-2)16(14,15)11-9-10(3,4)7-8-13/h11,13H,5-9H2,1-4H3. The fourth-order valence-corrected chi connectivity index (χ4v) is 2.77. The molecule has 0 aromatic carbocycles. The summed E-state index contributed by atoms with van der Waals surface area (Å²) in [4.78, 5) is 0. The second kappa shape index (κ2) is 6.54. The molecule has 0 fully saturated rings. The Hall–Kier alpha value is -0.170. The van der Waals surface area contributed by atoms with Crippen LogP contribution in [0.25, 0.3) is 0 Å². The van der Waals surface area contributed by atoms with Crippen LogP contribution in [-0.2, 0) is 10.2 Å². The number of hydrogen-bond donors (Lipinski definition) is 2. The van der Waals surface area contributed by atoms with E-state index in [0.717, 1.165) is 0 Å². The number of hydrogen-bond acceptors (Lipinski definition) is 3. The molecule has 16 heavy (non-hydrogen) atoms. The van der Waals surface area contributed by atoms with Crippen LogP contribution in [0.1, 0.15) is 34.1 Å². The van der Waals surface area contributed by atoms with E-state index in [9.17, 15) is 8.42 Å². The normalized spacial score (nSPS) is 13.4. The van der Waals surface area contributed by atoms with Crippen LogP contribution in [0.3, 0.4) is 0 Å². The average molecular weight is 252 g/mol. The van der Waals surface area contributed by atoms with Gasteiger partial charge in [-0.1, -0.05) is 27.7 Å². The maximum atomic E-state index is 11.8. The number of nitrogens with zero attached hydrogens (tertiary/aromatic N) is 1. The van der Waals surface area contributed by atoms with Crippen molar-refractivity contribution in [1.29, 1.82) is 0 Å². The topological polar surface area (TPSA) is 69.6 Å². The molecule has 0 aliphatic rings. The summed E-state index contributed by atoms with van der Waals surface area (Å²) in [5.41, 5.74) is -0.227. The summed E-state index contributed by atoms with van der Waals surface area (Å²) in [6, 6.07) is 0. The Morgan fingerprint density at radius 3 is 2.12 bits per heavy atom. The first-order chi connectivity index (χ1) is 7.29. The Morgan fingerprint density at radius 1 is 1.25 bits per heavy atom. The zero-order valence-corrected chi connectivity index (χ0v) is 11.5. The van der Waals surface area contributed by atoms with Crippen LogP contribution in [0.15, 0.2) is 0 Å². The van der Waals surface area contributed by atoms with Crippen molar-refractivity contribution in [3.05, 3.63) is 0 Å². The minimum absolute atomic E-state index is 0.0694. The molecule has 0 aliphatic carbocycles. The van der Waals surface area contributed by atoms with E-state index in [4.69, 9.17) is 5.11 Å². The summed E-state index contributed by atoms with van der Waals surface area (Å²) in [6.07, 6.45) is 0.577. The van der Waals surface area contributed by atoms with Gasteiger partial charge in [0.1, 0.15) is 0 Å². The smallest absolute Gasteiger partial charge is 0.279 e. The molecule has 0 aromatic rings. The summed E-state index contributed by atoms with van der Waals surface area (Å²) in [6.45, 7) is 8.80. The summed E-state index contributed by atoms with van der Waals surface area (Å²) < 4.78 is 27.5. The van der Waals surface area contributed by atoms with Gasteiger partial charge in [0.05, 0.1) is 0 Å². The van der Waals surface area contributed by atoms with Crippen LogP contribution >= 0.6 is 0 Å². The lowest BCUT2D eigenvalue weighted by molar-refractivity contribution is 0.212. The van der Waals surface area contributed by atoms with E-state index in [0.29, 0.717) is 26.1 Å². The lowest BCUT2D eigenvalue weighted by Gasteiger charge is -2.26. The van der Waals surface area contributed by atoms with Crippen LogP contribution < -0.4 is 4.72 Å². The molecule has 0 unspecified atom stereocenters.